The largest absolute Gasteiger partial charge is 0.461 e. The molecule has 1 heterocycles. The SMILES string of the molecule is CC(C)[C@H](NC(=O)CCCCCNc1ccc([N+](=O)[O-])c2nonc12)C(=O)N[C@@H](C)C(=O)N[C@@H](C)C(=O)N[C@@H](CCCCN)C(=O)N[C@@H](CO)C(=O)NCC(=O)NCC(=O)O[C@H]1CC[C@@]2(C)C(=CC[C@H]3[C@@H]4CCC[C@@]4(C)CC[C@@H]32)C1. The van der Waals surface area contributed by atoms with Crippen LogP contribution in [0.3, 0.4) is 0 Å². The maximum absolute atomic E-state index is 13.5. The second-order valence-corrected chi connectivity index (χ2v) is 23.1. The third-order valence-corrected chi connectivity index (χ3v) is 17.1. The number of hydrogen-bond donors (Lipinski definition) is 10. The molecule has 1 aromatic carbocycles. The van der Waals surface area contributed by atoms with E-state index in [4.69, 9.17) is 10.5 Å². The van der Waals surface area contributed by atoms with Crippen molar-refractivity contribution in [2.75, 3.05) is 38.1 Å². The number of aromatic nitrogens is 2. The van der Waals surface area contributed by atoms with E-state index in [0.717, 1.165) is 25.2 Å². The van der Waals surface area contributed by atoms with E-state index in [9.17, 15) is 53.6 Å². The Morgan fingerprint density at radius 2 is 1.49 bits per heavy atom. The predicted octanol–water partition coefficient (Wildman–Crippen LogP) is 2.84. The van der Waals surface area contributed by atoms with E-state index in [1.165, 1.54) is 63.7 Å². The maximum atomic E-state index is 13.5. The normalized spacial score (nSPS) is 23.9. The van der Waals surface area contributed by atoms with Gasteiger partial charge in [0.05, 0.1) is 23.8 Å². The Morgan fingerprint density at radius 1 is 0.775 bits per heavy atom. The maximum Gasteiger partial charge on any atom is 0.325 e. The van der Waals surface area contributed by atoms with Gasteiger partial charge in [-0.2, -0.15) is 0 Å². The minimum Gasteiger partial charge on any atom is -0.461 e. The Labute approximate surface area is 466 Å². The Bertz CT molecular complexity index is 2590. The molecule has 4 aliphatic carbocycles. The molecule has 0 spiro atoms. The van der Waals surface area contributed by atoms with Gasteiger partial charge in [0.25, 0.3) is 0 Å². The summed E-state index contributed by atoms with van der Waals surface area (Å²) in [6.07, 6.45) is 15.0. The van der Waals surface area contributed by atoms with Crippen LogP contribution >= 0.6 is 0 Å². The van der Waals surface area contributed by atoms with Crippen molar-refractivity contribution in [3.05, 3.63) is 33.9 Å². The summed E-state index contributed by atoms with van der Waals surface area (Å²) in [6.45, 7) is 10.1. The molecular formula is C55H84N12O13. The number of nitrogens with one attached hydrogen (secondary N) is 8. The van der Waals surface area contributed by atoms with Crippen molar-refractivity contribution in [1.29, 1.82) is 0 Å². The highest BCUT2D eigenvalue weighted by molar-refractivity contribution is 5.97. The molecule has 3 fully saturated rings. The second kappa shape index (κ2) is 28.6. The number of ether oxygens (including phenoxy) is 1. The summed E-state index contributed by atoms with van der Waals surface area (Å²) >= 11 is 0. The molecule has 0 unspecified atom stereocenters. The molecule has 25 heteroatoms. The zero-order valence-corrected chi connectivity index (χ0v) is 47.1. The summed E-state index contributed by atoms with van der Waals surface area (Å²) in [5.41, 5.74) is 8.18. The van der Waals surface area contributed by atoms with Gasteiger partial charge in [-0.3, -0.25) is 48.5 Å². The van der Waals surface area contributed by atoms with Gasteiger partial charge in [-0.15, -0.1) is 0 Å². The fourth-order valence-electron chi connectivity index (χ4n) is 12.5. The van der Waals surface area contributed by atoms with Crippen LogP contribution in [0.25, 0.3) is 11.0 Å². The van der Waals surface area contributed by atoms with Gasteiger partial charge < -0.3 is 58.1 Å². The van der Waals surface area contributed by atoms with Crippen molar-refractivity contribution in [1.82, 2.24) is 47.5 Å². The average Bonchev–Trinajstić information content (AvgIpc) is 4.09. The zero-order valence-electron chi connectivity index (χ0n) is 47.1. The number of rotatable bonds is 29. The molecule has 0 bridgehead atoms. The highest BCUT2D eigenvalue weighted by Gasteiger charge is 2.56. The van der Waals surface area contributed by atoms with Gasteiger partial charge in [0.1, 0.15) is 42.9 Å². The van der Waals surface area contributed by atoms with E-state index in [2.05, 4.69) is 77.4 Å². The van der Waals surface area contributed by atoms with Crippen molar-refractivity contribution in [3.63, 3.8) is 0 Å². The number of carbonyl (C=O) groups is 8. The van der Waals surface area contributed by atoms with E-state index in [-0.39, 0.29) is 52.9 Å². The predicted molar refractivity (Wildman–Crippen MR) is 293 cm³/mol. The third kappa shape index (κ3) is 16.0. The Balaban J connectivity index is 0.879. The topological polar surface area (TPSA) is 370 Å². The zero-order chi connectivity index (χ0) is 58.3. The lowest BCUT2D eigenvalue weighted by atomic mass is 9.48. The molecular weight excluding hydrogens is 1040 g/mol. The molecule has 25 nitrogen and oxygen atoms in total. The summed E-state index contributed by atoms with van der Waals surface area (Å²) in [5, 5.41) is 49.5. The number of nitro benzene ring substituents is 1. The number of aliphatic hydroxyl groups is 1. The van der Waals surface area contributed by atoms with Crippen LogP contribution in [0.4, 0.5) is 11.4 Å². The molecule has 442 valence electrons. The number of nitrogens with two attached hydrogens (primary N) is 1. The van der Waals surface area contributed by atoms with Crippen LogP contribution in [-0.4, -0.2) is 137 Å². The summed E-state index contributed by atoms with van der Waals surface area (Å²) in [7, 11) is 0. The summed E-state index contributed by atoms with van der Waals surface area (Å²) in [6, 6.07) is -3.29. The van der Waals surface area contributed by atoms with E-state index in [1.54, 1.807) is 13.8 Å². The van der Waals surface area contributed by atoms with Gasteiger partial charge in [0.2, 0.25) is 46.9 Å². The minimum atomic E-state index is -1.52. The van der Waals surface area contributed by atoms with Crippen LogP contribution < -0.4 is 48.3 Å². The number of non-ortho nitro benzene ring substituents is 1. The molecule has 4 aliphatic rings. The number of hydrogen-bond acceptors (Lipinski definition) is 17. The molecule has 11 atom stereocenters. The fraction of sp³-hybridized carbons (Fsp3) is 0.709. The van der Waals surface area contributed by atoms with E-state index >= 15 is 0 Å². The molecule has 2 aromatic rings. The Kier molecular flexibility index (Phi) is 22.3. The number of fused-ring (bicyclic) bond motifs is 6. The third-order valence-electron chi connectivity index (χ3n) is 17.1. The number of carbonyl (C=O) groups excluding carboxylic acids is 8. The number of nitro groups is 1. The lowest BCUT2D eigenvalue weighted by Crippen LogP contribution is -2.59. The number of allylic oxidation sites excluding steroid dienone is 1. The highest BCUT2D eigenvalue weighted by Crippen LogP contribution is 2.65. The lowest BCUT2D eigenvalue weighted by molar-refractivity contribution is -0.383. The van der Waals surface area contributed by atoms with Gasteiger partial charge in [-0.25, -0.2) is 4.63 Å². The van der Waals surface area contributed by atoms with Gasteiger partial charge in [-0.05, 0) is 148 Å². The summed E-state index contributed by atoms with van der Waals surface area (Å²) in [4.78, 5) is 116. The molecule has 1 aromatic heterocycles. The number of amides is 7. The van der Waals surface area contributed by atoms with E-state index in [1.807, 2.05) is 0 Å². The number of nitrogens with zero attached hydrogens (tertiary/aromatic N) is 3. The van der Waals surface area contributed by atoms with Crippen molar-refractivity contribution in [3.8, 4) is 0 Å². The number of anilines is 1. The first kappa shape index (κ1) is 62.4. The first-order chi connectivity index (χ1) is 38.1. The highest BCUT2D eigenvalue weighted by atomic mass is 16.6. The first-order valence-electron chi connectivity index (χ1n) is 28.5. The van der Waals surface area contributed by atoms with Crippen LogP contribution in [0, 0.1) is 44.6 Å². The molecule has 0 aliphatic heterocycles. The van der Waals surface area contributed by atoms with Crippen LogP contribution in [0.5, 0.6) is 0 Å². The Morgan fingerprint density at radius 3 is 2.20 bits per heavy atom. The fourth-order valence-corrected chi connectivity index (χ4v) is 12.5. The Hall–Kier alpha value is -6.76. The van der Waals surface area contributed by atoms with Crippen molar-refractivity contribution in [2.45, 2.75) is 181 Å². The summed E-state index contributed by atoms with van der Waals surface area (Å²) in [5.74, 6) is -3.73. The molecule has 0 radical (unpaired) electrons. The van der Waals surface area contributed by atoms with Crippen molar-refractivity contribution >= 4 is 69.7 Å². The van der Waals surface area contributed by atoms with Gasteiger partial charge in [-0.1, -0.05) is 52.2 Å². The molecule has 11 N–H and O–H groups in total. The van der Waals surface area contributed by atoms with Crippen LogP contribution in [0.2, 0.25) is 0 Å². The molecule has 80 heavy (non-hydrogen) atoms. The lowest BCUT2D eigenvalue weighted by Gasteiger charge is -2.57. The molecule has 7 amide bonds. The number of benzene rings is 1. The quantitative estimate of drug-likeness (QED) is 0.0184. The van der Waals surface area contributed by atoms with Crippen molar-refractivity contribution in [2.24, 2.45) is 40.2 Å². The van der Waals surface area contributed by atoms with Gasteiger partial charge >= 0.3 is 11.7 Å². The van der Waals surface area contributed by atoms with Crippen molar-refractivity contribution < 1.29 is 57.8 Å². The monoisotopic (exact) mass is 1120 g/mol. The van der Waals surface area contributed by atoms with Crippen LogP contribution in [0.1, 0.15) is 144 Å². The molecule has 6 rings (SSSR count). The number of unbranched alkanes of at least 4 members (excludes halogenated alkanes) is 3. The number of aliphatic hydroxyl groups excluding tert-OH is 1. The van der Waals surface area contributed by atoms with Gasteiger partial charge in [0.15, 0.2) is 5.52 Å². The second-order valence-electron chi connectivity index (χ2n) is 23.1. The van der Waals surface area contributed by atoms with E-state index < -0.39 is 96.2 Å². The molecule has 0 saturated heterocycles. The number of esters is 1. The first-order valence-corrected chi connectivity index (χ1v) is 28.5. The summed E-state index contributed by atoms with van der Waals surface area (Å²) < 4.78 is 10.5. The van der Waals surface area contributed by atoms with Crippen LogP contribution in [0.15, 0.2) is 28.4 Å². The molecule has 3 saturated carbocycles. The van der Waals surface area contributed by atoms with Crippen LogP contribution in [-0.2, 0) is 43.1 Å². The smallest absolute Gasteiger partial charge is 0.325 e. The average molecular weight is 1120 g/mol. The van der Waals surface area contributed by atoms with E-state index in [0.29, 0.717) is 74.6 Å². The standard InChI is InChI=1S/C55H84N12O13/c1-31(2)46(64-43(69)15-8-7-11-26-57-39-18-19-42(67(77)78)48-47(39)65-80-66-48)53(76)61-32(3)49(72)60-33(4)50(73)62-40(14-9-10-25-56)52(75)63-41(30-68)51(74)59-28-44(70)58-29-45(71)79-35-20-24-55(6)34(27-35)16-17-36-37-13-12-22-54(37,5)23-21-38(36)55/h16,18-19,31-33,35-38,40-41,46,57,68H,7-15,17,20-30,56H2,1-6H3,(H,58,70)(H,59,74)(H,60,72)(H,61,76)(H,62,73)(H,63,75)(H,64,69)/t32-,33-,35-,36-,37-,38-,40-,41-,46-,54-,55-/m0/s1. The van der Waals surface area contributed by atoms with Gasteiger partial charge in [0, 0.05) is 25.5 Å². The minimum absolute atomic E-state index is 0.0294.